The van der Waals surface area contributed by atoms with E-state index in [1.165, 1.54) is 42.3 Å². The number of benzene rings is 2. The molecule has 3 aliphatic rings. The second-order valence-corrected chi connectivity index (χ2v) is 8.15. The molecule has 32 heavy (non-hydrogen) atoms. The molecule has 2 bridgehead atoms. The summed E-state index contributed by atoms with van der Waals surface area (Å²) in [5.74, 6) is -0.922. The number of carbonyl (C=O) groups is 3. The highest BCUT2D eigenvalue weighted by molar-refractivity contribution is 6.23. The van der Waals surface area contributed by atoms with Crippen LogP contribution in [0.15, 0.2) is 54.6 Å². The number of fused-ring (bicyclic) bond motifs is 5. The molecule has 2 aromatic carbocycles. The summed E-state index contributed by atoms with van der Waals surface area (Å²) in [6, 6.07) is 10.0. The lowest BCUT2D eigenvalue weighted by atomic mass is 9.85. The Bertz CT molecular complexity index is 1160. The number of amides is 3. The molecular formula is C23H19N3O6. The van der Waals surface area contributed by atoms with Crippen molar-refractivity contribution in [1.29, 1.82) is 0 Å². The second kappa shape index (κ2) is 7.30. The zero-order valence-electron chi connectivity index (χ0n) is 17.1. The van der Waals surface area contributed by atoms with Crippen LogP contribution in [0.2, 0.25) is 0 Å². The molecule has 5 rings (SSSR count). The molecule has 4 atom stereocenters. The lowest BCUT2D eigenvalue weighted by Crippen LogP contribution is -2.32. The monoisotopic (exact) mass is 433 g/mol. The minimum absolute atomic E-state index is 0.126. The molecule has 1 saturated carbocycles. The first-order valence-corrected chi connectivity index (χ1v) is 10.2. The van der Waals surface area contributed by atoms with Crippen molar-refractivity contribution in [3.8, 4) is 5.75 Å². The van der Waals surface area contributed by atoms with Crippen LogP contribution in [-0.2, 0) is 9.59 Å². The van der Waals surface area contributed by atoms with Gasteiger partial charge >= 0.3 is 0 Å². The topological polar surface area (TPSA) is 119 Å². The number of anilines is 2. The maximum atomic E-state index is 12.9. The average molecular weight is 433 g/mol. The summed E-state index contributed by atoms with van der Waals surface area (Å²) < 4.78 is 5.16. The molecule has 0 unspecified atom stereocenters. The number of hydrogen-bond donors (Lipinski definition) is 1. The van der Waals surface area contributed by atoms with Crippen molar-refractivity contribution in [1.82, 2.24) is 0 Å². The number of methoxy groups -OCH3 is 1. The molecule has 0 spiro atoms. The highest BCUT2D eigenvalue weighted by Gasteiger charge is 2.59. The zero-order valence-corrected chi connectivity index (χ0v) is 17.1. The van der Waals surface area contributed by atoms with Crippen LogP contribution in [0.25, 0.3) is 0 Å². The van der Waals surface area contributed by atoms with Crippen LogP contribution in [-0.4, -0.2) is 29.8 Å². The standard InChI is InChI=1S/C23H19N3O6/c1-32-18-9-8-16(26(30)31)11-17(18)24-21(27)12-4-6-15(7-5-12)25-22(28)19-13-2-3-14(10-13)20(19)23(25)29/h2-9,11,13-14,19-20H,10H2,1H3,(H,24,27)/t13-,14+,19-,20+. The maximum absolute atomic E-state index is 12.9. The molecule has 9 nitrogen and oxygen atoms in total. The number of rotatable bonds is 5. The number of allylic oxidation sites excluding steroid dienone is 2. The number of imide groups is 1. The van der Waals surface area contributed by atoms with E-state index in [1.54, 1.807) is 12.1 Å². The van der Waals surface area contributed by atoms with E-state index in [0.717, 1.165) is 6.42 Å². The summed E-state index contributed by atoms with van der Waals surface area (Å²) in [6.07, 6.45) is 4.94. The molecule has 1 saturated heterocycles. The van der Waals surface area contributed by atoms with Crippen LogP contribution in [0.4, 0.5) is 17.1 Å². The van der Waals surface area contributed by atoms with Gasteiger partial charge in [0.1, 0.15) is 5.75 Å². The van der Waals surface area contributed by atoms with E-state index in [9.17, 15) is 24.5 Å². The van der Waals surface area contributed by atoms with Gasteiger partial charge in [0.25, 0.3) is 11.6 Å². The van der Waals surface area contributed by atoms with E-state index < -0.39 is 10.8 Å². The molecule has 0 radical (unpaired) electrons. The first-order chi connectivity index (χ1) is 15.4. The maximum Gasteiger partial charge on any atom is 0.271 e. The number of nitro benzene ring substituents is 1. The summed E-state index contributed by atoms with van der Waals surface area (Å²) >= 11 is 0. The Hall–Kier alpha value is -4.01. The Labute approximate surface area is 182 Å². The van der Waals surface area contributed by atoms with E-state index in [1.807, 2.05) is 12.2 Å². The summed E-state index contributed by atoms with van der Waals surface area (Å²) in [5, 5.41) is 13.6. The van der Waals surface area contributed by atoms with Gasteiger partial charge in [-0.3, -0.25) is 29.4 Å². The third kappa shape index (κ3) is 2.96. The number of nitro groups is 1. The van der Waals surface area contributed by atoms with Crippen molar-refractivity contribution in [2.24, 2.45) is 23.7 Å². The number of non-ortho nitro benzene ring substituents is 1. The van der Waals surface area contributed by atoms with Gasteiger partial charge in [0.15, 0.2) is 0 Å². The average Bonchev–Trinajstić information content (AvgIpc) is 3.47. The predicted molar refractivity (Wildman–Crippen MR) is 114 cm³/mol. The van der Waals surface area contributed by atoms with Gasteiger partial charge in [-0.1, -0.05) is 12.2 Å². The SMILES string of the molecule is COc1ccc([N+](=O)[O-])cc1NC(=O)c1ccc(N2C(=O)[C@@H]3[C@H](C2=O)[C@@H]2C=C[C@H]3C2)cc1. The molecule has 2 aromatic rings. The van der Waals surface area contributed by atoms with Gasteiger partial charge in [0.2, 0.25) is 11.8 Å². The molecule has 1 N–H and O–H groups in total. The normalized spacial score (nSPS) is 25.2. The van der Waals surface area contributed by atoms with E-state index in [-0.39, 0.29) is 58.2 Å². The lowest BCUT2D eigenvalue weighted by molar-refractivity contribution is -0.384. The number of nitrogens with zero attached hydrogens (tertiary/aromatic N) is 2. The lowest BCUT2D eigenvalue weighted by Gasteiger charge is -2.17. The van der Waals surface area contributed by atoms with Crippen molar-refractivity contribution in [3.05, 3.63) is 70.3 Å². The van der Waals surface area contributed by atoms with E-state index >= 15 is 0 Å². The molecular weight excluding hydrogens is 414 g/mol. The molecule has 2 aliphatic carbocycles. The van der Waals surface area contributed by atoms with Gasteiger partial charge in [0, 0.05) is 17.7 Å². The molecule has 0 aromatic heterocycles. The zero-order chi connectivity index (χ0) is 22.6. The van der Waals surface area contributed by atoms with Crippen LogP contribution in [0.1, 0.15) is 16.8 Å². The third-order valence-corrected chi connectivity index (χ3v) is 6.50. The van der Waals surface area contributed by atoms with Crippen molar-refractivity contribution in [2.75, 3.05) is 17.3 Å². The second-order valence-electron chi connectivity index (χ2n) is 8.15. The first kappa shape index (κ1) is 19.9. The predicted octanol–water partition coefficient (Wildman–Crippen LogP) is 3.17. The van der Waals surface area contributed by atoms with E-state index in [2.05, 4.69) is 5.32 Å². The van der Waals surface area contributed by atoms with Crippen LogP contribution in [0.5, 0.6) is 5.75 Å². The summed E-state index contributed by atoms with van der Waals surface area (Å²) in [6.45, 7) is 0. The largest absolute Gasteiger partial charge is 0.495 e. The molecule has 2 fully saturated rings. The van der Waals surface area contributed by atoms with Crippen molar-refractivity contribution in [3.63, 3.8) is 0 Å². The Morgan fingerprint density at radius 1 is 1.06 bits per heavy atom. The van der Waals surface area contributed by atoms with Gasteiger partial charge in [-0.25, -0.2) is 0 Å². The smallest absolute Gasteiger partial charge is 0.271 e. The fourth-order valence-electron chi connectivity index (χ4n) is 5.02. The highest BCUT2D eigenvalue weighted by Crippen LogP contribution is 2.53. The van der Waals surface area contributed by atoms with Crippen molar-refractivity contribution < 1.29 is 24.0 Å². The number of nitrogens with one attached hydrogen (secondary N) is 1. The van der Waals surface area contributed by atoms with Crippen LogP contribution in [0, 0.1) is 33.8 Å². The van der Waals surface area contributed by atoms with E-state index in [4.69, 9.17) is 4.74 Å². The molecule has 3 amide bonds. The van der Waals surface area contributed by atoms with Gasteiger partial charge in [-0.05, 0) is 48.6 Å². The fourth-order valence-corrected chi connectivity index (χ4v) is 5.02. The summed E-state index contributed by atoms with van der Waals surface area (Å²) in [4.78, 5) is 50.2. The number of carbonyl (C=O) groups excluding carboxylic acids is 3. The Morgan fingerprint density at radius 2 is 1.69 bits per heavy atom. The first-order valence-electron chi connectivity index (χ1n) is 10.2. The van der Waals surface area contributed by atoms with Crippen LogP contribution >= 0.6 is 0 Å². The summed E-state index contributed by atoms with van der Waals surface area (Å²) in [7, 11) is 1.40. The van der Waals surface area contributed by atoms with Crippen molar-refractivity contribution in [2.45, 2.75) is 6.42 Å². The van der Waals surface area contributed by atoms with Gasteiger partial charge in [-0.15, -0.1) is 0 Å². The molecule has 1 aliphatic heterocycles. The Kier molecular flexibility index (Phi) is 4.54. The molecule has 162 valence electrons. The fraction of sp³-hybridized carbons (Fsp3) is 0.261. The summed E-state index contributed by atoms with van der Waals surface area (Å²) in [5.41, 5.74) is 0.676. The Balaban J connectivity index is 1.35. The quantitative estimate of drug-likeness (QED) is 0.335. The van der Waals surface area contributed by atoms with Crippen molar-refractivity contribution >= 4 is 34.8 Å². The van der Waals surface area contributed by atoms with Gasteiger partial charge < -0.3 is 10.1 Å². The highest BCUT2D eigenvalue weighted by atomic mass is 16.6. The molecule has 1 heterocycles. The van der Waals surface area contributed by atoms with Gasteiger partial charge in [-0.2, -0.15) is 0 Å². The van der Waals surface area contributed by atoms with E-state index in [0.29, 0.717) is 5.69 Å². The third-order valence-electron chi connectivity index (χ3n) is 6.50. The minimum atomic E-state index is -0.564. The van der Waals surface area contributed by atoms with Crippen LogP contribution < -0.4 is 15.0 Å². The minimum Gasteiger partial charge on any atom is -0.495 e. The van der Waals surface area contributed by atoms with Gasteiger partial charge in [0.05, 0.1) is 35.2 Å². The molecule has 9 heteroatoms. The Morgan fingerprint density at radius 3 is 2.25 bits per heavy atom. The van der Waals surface area contributed by atoms with Crippen LogP contribution in [0.3, 0.4) is 0 Å². The number of hydrogen-bond acceptors (Lipinski definition) is 6. The number of ether oxygens (including phenoxy) is 1.